The SMILES string of the molecule is CC[C@H]1CN2CC[C@H]1C[C@H]2[C@H](O)c1cc(N2CCCC(C(=O)N(CC)CC)C2)nc2ccc(OC)cc12. The highest BCUT2D eigenvalue weighted by atomic mass is 16.5. The molecule has 7 nitrogen and oxygen atoms in total. The summed E-state index contributed by atoms with van der Waals surface area (Å²) < 4.78 is 5.54. The van der Waals surface area contributed by atoms with E-state index in [4.69, 9.17) is 9.72 Å². The van der Waals surface area contributed by atoms with E-state index in [1.54, 1.807) is 7.11 Å². The minimum atomic E-state index is -0.588. The third kappa shape index (κ3) is 5.05. The van der Waals surface area contributed by atoms with Crippen LogP contribution in [0.2, 0.25) is 0 Å². The van der Waals surface area contributed by atoms with Crippen LogP contribution in [0.5, 0.6) is 5.75 Å². The Kier molecular flexibility index (Phi) is 7.91. The largest absolute Gasteiger partial charge is 0.497 e. The molecule has 2 aromatic rings. The highest BCUT2D eigenvalue weighted by Gasteiger charge is 2.43. The summed E-state index contributed by atoms with van der Waals surface area (Å²) in [6.45, 7) is 11.6. The Labute approximate surface area is 221 Å². The maximum absolute atomic E-state index is 13.1. The molecule has 1 aromatic carbocycles. The number of anilines is 1. The summed E-state index contributed by atoms with van der Waals surface area (Å²) in [6, 6.07) is 8.17. The molecule has 5 heterocycles. The van der Waals surface area contributed by atoms with Crippen LogP contribution in [-0.2, 0) is 4.79 Å². The number of carbonyl (C=O) groups excluding carboxylic acids is 1. The van der Waals surface area contributed by atoms with E-state index in [0.29, 0.717) is 12.5 Å². The van der Waals surface area contributed by atoms with Gasteiger partial charge < -0.3 is 19.6 Å². The first-order chi connectivity index (χ1) is 18.0. The van der Waals surface area contributed by atoms with Crippen molar-refractivity contribution >= 4 is 22.6 Å². The molecule has 0 aliphatic carbocycles. The maximum atomic E-state index is 13.1. The van der Waals surface area contributed by atoms with E-state index in [1.165, 1.54) is 12.8 Å². The molecule has 7 heteroatoms. The standard InChI is InChI=1S/C30H44N4O3/c1-5-20-18-33-14-12-21(20)15-27(33)29(35)25-17-28(31-26-11-10-23(37-4)16-24(25)26)34-13-8-9-22(19-34)30(36)32(6-2)7-3/h10-11,16-17,20-22,27,29,35H,5-9,12-15,18-19H2,1-4H3/t20-,21-,22?,27-,29+/m0/s1. The Balaban J connectivity index is 1.48. The second-order valence-corrected chi connectivity index (χ2v) is 11.2. The van der Waals surface area contributed by atoms with Gasteiger partial charge in [0.1, 0.15) is 11.6 Å². The van der Waals surface area contributed by atoms with Crippen molar-refractivity contribution in [1.29, 1.82) is 0 Å². The number of pyridine rings is 1. The van der Waals surface area contributed by atoms with Gasteiger partial charge in [-0.2, -0.15) is 0 Å². The van der Waals surface area contributed by atoms with Crippen LogP contribution in [0.15, 0.2) is 24.3 Å². The van der Waals surface area contributed by atoms with Crippen LogP contribution in [0, 0.1) is 17.8 Å². The van der Waals surface area contributed by atoms with Crippen LogP contribution in [0.1, 0.15) is 64.5 Å². The summed E-state index contributed by atoms with van der Waals surface area (Å²) in [7, 11) is 1.68. The summed E-state index contributed by atoms with van der Waals surface area (Å²) in [4.78, 5) is 24.9. The molecule has 0 spiro atoms. The fourth-order valence-corrected chi connectivity index (χ4v) is 7.11. The lowest BCUT2D eigenvalue weighted by molar-refractivity contribution is -0.135. The molecule has 2 unspecified atom stereocenters. The molecule has 6 rings (SSSR count). The molecule has 6 atom stereocenters. The smallest absolute Gasteiger partial charge is 0.227 e. The van der Waals surface area contributed by atoms with Crippen molar-refractivity contribution in [1.82, 2.24) is 14.8 Å². The second-order valence-electron chi connectivity index (χ2n) is 11.2. The Morgan fingerprint density at radius 2 is 1.97 bits per heavy atom. The molecule has 1 N–H and O–H groups in total. The number of amides is 1. The molecule has 0 radical (unpaired) electrons. The Morgan fingerprint density at radius 1 is 1.16 bits per heavy atom. The first-order valence-corrected chi connectivity index (χ1v) is 14.4. The number of carbonyl (C=O) groups is 1. The quantitative estimate of drug-likeness (QED) is 0.567. The monoisotopic (exact) mass is 508 g/mol. The molecule has 1 aromatic heterocycles. The van der Waals surface area contributed by atoms with Gasteiger partial charge in [0.05, 0.1) is 24.6 Å². The van der Waals surface area contributed by atoms with E-state index < -0.39 is 6.10 Å². The number of hydrogen-bond donors (Lipinski definition) is 1. The lowest BCUT2D eigenvalue weighted by Gasteiger charge is -2.51. The van der Waals surface area contributed by atoms with Gasteiger partial charge in [-0.1, -0.05) is 13.3 Å². The van der Waals surface area contributed by atoms with Gasteiger partial charge in [-0.3, -0.25) is 9.69 Å². The average molecular weight is 509 g/mol. The zero-order valence-electron chi connectivity index (χ0n) is 23.0. The van der Waals surface area contributed by atoms with E-state index in [2.05, 4.69) is 22.8 Å². The average Bonchev–Trinajstić information content (AvgIpc) is 2.96. The minimum absolute atomic E-state index is 0.0124. The topological polar surface area (TPSA) is 69.1 Å². The van der Waals surface area contributed by atoms with E-state index in [-0.39, 0.29) is 17.9 Å². The number of piperidine rings is 4. The molecule has 37 heavy (non-hydrogen) atoms. The van der Waals surface area contributed by atoms with Crippen LogP contribution < -0.4 is 9.64 Å². The molecular weight excluding hydrogens is 464 g/mol. The summed E-state index contributed by atoms with van der Waals surface area (Å²) >= 11 is 0. The van der Waals surface area contributed by atoms with Gasteiger partial charge in [-0.15, -0.1) is 0 Å². The summed E-state index contributed by atoms with van der Waals surface area (Å²) in [5.74, 6) is 3.32. The van der Waals surface area contributed by atoms with Crippen LogP contribution in [0.3, 0.4) is 0 Å². The number of nitrogens with zero attached hydrogens (tertiary/aromatic N) is 4. The molecule has 4 fully saturated rings. The van der Waals surface area contributed by atoms with Gasteiger partial charge in [-0.05, 0) is 87.7 Å². The minimum Gasteiger partial charge on any atom is -0.497 e. The van der Waals surface area contributed by atoms with Gasteiger partial charge in [0.15, 0.2) is 0 Å². The van der Waals surface area contributed by atoms with Crippen molar-refractivity contribution in [2.75, 3.05) is 51.3 Å². The van der Waals surface area contributed by atoms with Crippen molar-refractivity contribution in [3.8, 4) is 5.75 Å². The molecule has 2 bridgehead atoms. The molecule has 0 saturated carbocycles. The zero-order valence-corrected chi connectivity index (χ0v) is 23.0. The fourth-order valence-electron chi connectivity index (χ4n) is 7.11. The number of aliphatic hydroxyl groups excluding tert-OH is 1. The van der Waals surface area contributed by atoms with Crippen molar-refractivity contribution in [2.45, 2.75) is 65.0 Å². The number of benzene rings is 1. The zero-order chi connectivity index (χ0) is 26.1. The molecule has 4 aliphatic rings. The number of aromatic nitrogens is 1. The highest BCUT2D eigenvalue weighted by molar-refractivity contribution is 5.86. The van der Waals surface area contributed by atoms with Crippen molar-refractivity contribution in [2.24, 2.45) is 17.8 Å². The maximum Gasteiger partial charge on any atom is 0.227 e. The van der Waals surface area contributed by atoms with Crippen LogP contribution >= 0.6 is 0 Å². The summed E-state index contributed by atoms with van der Waals surface area (Å²) in [6.07, 6.45) is 4.80. The first kappa shape index (κ1) is 26.2. The van der Waals surface area contributed by atoms with E-state index in [0.717, 1.165) is 85.9 Å². The van der Waals surface area contributed by atoms with Gasteiger partial charge in [0.2, 0.25) is 5.91 Å². The summed E-state index contributed by atoms with van der Waals surface area (Å²) in [5, 5.41) is 12.9. The van der Waals surface area contributed by atoms with Crippen LogP contribution in [-0.4, -0.2) is 78.2 Å². The normalized spacial score (nSPS) is 28.4. The Hall–Kier alpha value is -2.38. The number of aliphatic hydroxyl groups is 1. The second kappa shape index (κ2) is 11.2. The third-order valence-electron chi connectivity index (χ3n) is 9.35. The van der Waals surface area contributed by atoms with E-state index in [9.17, 15) is 9.90 Å². The number of hydrogen-bond acceptors (Lipinski definition) is 6. The number of fused-ring (bicyclic) bond motifs is 4. The molecule has 1 amide bonds. The lowest BCUT2D eigenvalue weighted by atomic mass is 9.72. The Bertz CT molecular complexity index is 1100. The number of methoxy groups -OCH3 is 1. The lowest BCUT2D eigenvalue weighted by Crippen LogP contribution is -2.55. The summed E-state index contributed by atoms with van der Waals surface area (Å²) in [5.41, 5.74) is 1.80. The number of rotatable bonds is 8. The van der Waals surface area contributed by atoms with E-state index in [1.807, 2.05) is 36.9 Å². The van der Waals surface area contributed by atoms with Crippen LogP contribution in [0.4, 0.5) is 5.82 Å². The highest BCUT2D eigenvalue weighted by Crippen LogP contribution is 2.43. The van der Waals surface area contributed by atoms with Crippen molar-refractivity contribution in [3.63, 3.8) is 0 Å². The molecular formula is C30H44N4O3. The molecule has 4 aliphatic heterocycles. The van der Waals surface area contributed by atoms with Gasteiger partial charge in [-0.25, -0.2) is 4.98 Å². The van der Waals surface area contributed by atoms with Crippen LogP contribution in [0.25, 0.3) is 10.9 Å². The predicted octanol–water partition coefficient (Wildman–Crippen LogP) is 4.48. The van der Waals surface area contributed by atoms with E-state index >= 15 is 0 Å². The third-order valence-corrected chi connectivity index (χ3v) is 9.35. The van der Waals surface area contributed by atoms with Gasteiger partial charge >= 0.3 is 0 Å². The first-order valence-electron chi connectivity index (χ1n) is 14.4. The fraction of sp³-hybridized carbons (Fsp3) is 0.667. The van der Waals surface area contributed by atoms with Crippen molar-refractivity contribution < 1.29 is 14.6 Å². The Morgan fingerprint density at radius 3 is 2.65 bits per heavy atom. The number of ether oxygens (including phenoxy) is 1. The van der Waals surface area contributed by atoms with Gasteiger partial charge in [0.25, 0.3) is 0 Å². The molecule has 4 saturated heterocycles. The predicted molar refractivity (Wildman–Crippen MR) is 148 cm³/mol. The van der Waals surface area contributed by atoms with Gasteiger partial charge in [0, 0.05) is 44.2 Å². The van der Waals surface area contributed by atoms with Crippen molar-refractivity contribution in [3.05, 3.63) is 29.8 Å². The molecule has 202 valence electrons.